The van der Waals surface area contributed by atoms with E-state index in [1.54, 1.807) is 7.05 Å². The molecule has 1 aromatic heterocycles. The Kier molecular flexibility index (Phi) is 12.3. The molecule has 1 aromatic rings. The van der Waals surface area contributed by atoms with Crippen LogP contribution in [0.25, 0.3) is 0 Å². The van der Waals surface area contributed by atoms with E-state index in [1.807, 2.05) is 6.07 Å². The number of methoxy groups -OCH3 is 1. The first-order chi connectivity index (χ1) is 11.1. The van der Waals surface area contributed by atoms with Crippen molar-refractivity contribution in [3.05, 3.63) is 17.5 Å². The van der Waals surface area contributed by atoms with E-state index in [9.17, 15) is 4.79 Å². The van der Waals surface area contributed by atoms with Crippen LogP contribution in [0.4, 0.5) is 0 Å². The third-order valence-electron chi connectivity index (χ3n) is 3.40. The van der Waals surface area contributed by atoms with Crippen LogP contribution in [0.3, 0.4) is 0 Å². The predicted octanol–water partition coefficient (Wildman–Crippen LogP) is 2.81. The van der Waals surface area contributed by atoms with Crippen molar-refractivity contribution in [1.29, 1.82) is 0 Å². The Balaban J connectivity index is 0.00000529. The summed E-state index contributed by atoms with van der Waals surface area (Å²) in [5.41, 5.74) is 0.954. The highest BCUT2D eigenvalue weighted by Gasteiger charge is 2.08. The van der Waals surface area contributed by atoms with Crippen LogP contribution in [0.1, 0.15) is 56.9 Å². The van der Waals surface area contributed by atoms with Gasteiger partial charge in [-0.2, -0.15) is 0 Å². The van der Waals surface area contributed by atoms with Gasteiger partial charge in [-0.25, -0.2) is 0 Å². The summed E-state index contributed by atoms with van der Waals surface area (Å²) in [7, 11) is 3.14. The summed E-state index contributed by atoms with van der Waals surface area (Å²) in [5, 5.41) is 10.4. The molecule has 0 aliphatic heterocycles. The van der Waals surface area contributed by atoms with Gasteiger partial charge < -0.3 is 19.9 Å². The zero-order valence-corrected chi connectivity index (χ0v) is 17.3. The third-order valence-corrected chi connectivity index (χ3v) is 3.40. The maximum Gasteiger partial charge on any atom is 0.305 e. The van der Waals surface area contributed by atoms with Gasteiger partial charge in [-0.1, -0.05) is 25.4 Å². The number of nitrogens with one attached hydrogen (secondary N) is 2. The second-order valence-corrected chi connectivity index (χ2v) is 5.61. The molecule has 8 heteroatoms. The molecule has 1 heterocycles. The van der Waals surface area contributed by atoms with E-state index in [4.69, 9.17) is 4.52 Å². The number of rotatable bonds is 9. The highest BCUT2D eigenvalue weighted by Crippen LogP contribution is 2.13. The lowest BCUT2D eigenvalue weighted by Gasteiger charge is -2.10. The molecule has 0 bridgehead atoms. The van der Waals surface area contributed by atoms with E-state index in [0.29, 0.717) is 18.9 Å². The van der Waals surface area contributed by atoms with Crippen molar-refractivity contribution in [2.45, 2.75) is 52.0 Å². The van der Waals surface area contributed by atoms with Crippen LogP contribution in [0, 0.1) is 0 Å². The van der Waals surface area contributed by atoms with Gasteiger partial charge >= 0.3 is 5.97 Å². The third kappa shape index (κ3) is 9.09. The second kappa shape index (κ2) is 13.0. The molecule has 0 radical (unpaired) electrons. The molecule has 0 saturated carbocycles. The van der Waals surface area contributed by atoms with E-state index in [0.717, 1.165) is 43.2 Å². The van der Waals surface area contributed by atoms with E-state index in [-0.39, 0.29) is 29.9 Å². The van der Waals surface area contributed by atoms with Crippen LogP contribution in [0.15, 0.2) is 15.6 Å². The molecule has 0 spiro atoms. The molecular formula is C16H29IN4O3. The largest absolute Gasteiger partial charge is 0.469 e. The number of hydrogen-bond donors (Lipinski definition) is 2. The monoisotopic (exact) mass is 452 g/mol. The highest BCUT2D eigenvalue weighted by molar-refractivity contribution is 14.0. The lowest BCUT2D eigenvalue weighted by atomic mass is 10.1. The number of halogens is 1. The Morgan fingerprint density at radius 2 is 2.08 bits per heavy atom. The summed E-state index contributed by atoms with van der Waals surface area (Å²) in [6, 6.07) is 1.96. The summed E-state index contributed by atoms with van der Waals surface area (Å²) >= 11 is 0. The number of hydrogen-bond acceptors (Lipinski definition) is 5. The minimum absolute atomic E-state index is 0. The van der Waals surface area contributed by atoms with Crippen LogP contribution in [0.2, 0.25) is 0 Å². The van der Waals surface area contributed by atoms with Crippen molar-refractivity contribution < 1.29 is 14.1 Å². The molecule has 0 fully saturated rings. The van der Waals surface area contributed by atoms with E-state index < -0.39 is 0 Å². The van der Waals surface area contributed by atoms with Crippen molar-refractivity contribution in [2.24, 2.45) is 4.99 Å². The SMILES string of the molecule is CN=C(NCCCCCC(=O)OC)NCc1cc(C(C)C)no1.I. The minimum Gasteiger partial charge on any atom is -0.469 e. The fraction of sp³-hybridized carbons (Fsp3) is 0.688. The number of carbonyl (C=O) groups is 1. The van der Waals surface area contributed by atoms with E-state index >= 15 is 0 Å². The maximum atomic E-state index is 11.0. The molecule has 1 rings (SSSR count). The summed E-state index contributed by atoms with van der Waals surface area (Å²) < 4.78 is 9.88. The summed E-state index contributed by atoms with van der Waals surface area (Å²) in [4.78, 5) is 15.1. The maximum absolute atomic E-state index is 11.0. The van der Waals surface area contributed by atoms with Gasteiger partial charge in [0.25, 0.3) is 0 Å². The average Bonchev–Trinajstić information content (AvgIpc) is 3.02. The summed E-state index contributed by atoms with van der Waals surface area (Å²) in [5.74, 6) is 1.72. The Morgan fingerprint density at radius 3 is 2.67 bits per heavy atom. The molecule has 0 aliphatic carbocycles. The molecule has 0 amide bonds. The molecular weight excluding hydrogens is 423 g/mol. The van der Waals surface area contributed by atoms with Crippen LogP contribution in [-0.2, 0) is 16.1 Å². The molecule has 2 N–H and O–H groups in total. The fourth-order valence-electron chi connectivity index (χ4n) is 1.96. The highest BCUT2D eigenvalue weighted by atomic mass is 127. The van der Waals surface area contributed by atoms with Gasteiger partial charge in [0.15, 0.2) is 11.7 Å². The van der Waals surface area contributed by atoms with Gasteiger partial charge in [-0.05, 0) is 18.8 Å². The fourth-order valence-corrected chi connectivity index (χ4v) is 1.96. The zero-order valence-electron chi connectivity index (χ0n) is 14.9. The van der Waals surface area contributed by atoms with Gasteiger partial charge in [0.2, 0.25) is 0 Å². The normalized spacial score (nSPS) is 11.1. The van der Waals surface area contributed by atoms with Crippen molar-refractivity contribution >= 4 is 35.9 Å². The molecule has 0 aromatic carbocycles. The van der Waals surface area contributed by atoms with Crippen molar-refractivity contribution in [3.63, 3.8) is 0 Å². The number of aliphatic imine (C=N–C) groups is 1. The zero-order chi connectivity index (χ0) is 17.1. The molecule has 0 atom stereocenters. The van der Waals surface area contributed by atoms with Gasteiger partial charge in [0.1, 0.15) is 0 Å². The summed E-state index contributed by atoms with van der Waals surface area (Å²) in [6.07, 6.45) is 3.26. The van der Waals surface area contributed by atoms with Crippen molar-refractivity contribution in [3.8, 4) is 0 Å². The molecule has 0 unspecified atom stereocenters. The number of guanidine groups is 1. The molecule has 138 valence electrons. The lowest BCUT2D eigenvalue weighted by Crippen LogP contribution is -2.37. The number of carbonyl (C=O) groups excluding carboxylic acids is 1. The van der Waals surface area contributed by atoms with Crippen molar-refractivity contribution in [2.75, 3.05) is 20.7 Å². The van der Waals surface area contributed by atoms with Gasteiger partial charge in [-0.3, -0.25) is 9.79 Å². The number of nitrogens with zero attached hydrogens (tertiary/aromatic N) is 2. The predicted molar refractivity (Wildman–Crippen MR) is 105 cm³/mol. The Hall–Kier alpha value is -1.32. The first-order valence-electron chi connectivity index (χ1n) is 8.03. The van der Waals surface area contributed by atoms with Crippen LogP contribution < -0.4 is 10.6 Å². The summed E-state index contributed by atoms with van der Waals surface area (Å²) in [6.45, 7) is 5.50. The van der Waals surface area contributed by atoms with E-state index in [2.05, 4.69) is 39.4 Å². The lowest BCUT2D eigenvalue weighted by molar-refractivity contribution is -0.140. The molecule has 0 aliphatic rings. The first kappa shape index (κ1) is 22.7. The number of aromatic nitrogens is 1. The smallest absolute Gasteiger partial charge is 0.305 e. The van der Waals surface area contributed by atoms with Crippen LogP contribution in [-0.4, -0.2) is 37.8 Å². The number of esters is 1. The molecule has 7 nitrogen and oxygen atoms in total. The van der Waals surface area contributed by atoms with Gasteiger partial charge in [0.05, 0.1) is 19.3 Å². The molecule has 0 saturated heterocycles. The topological polar surface area (TPSA) is 88.8 Å². The van der Waals surface area contributed by atoms with Crippen LogP contribution >= 0.6 is 24.0 Å². The van der Waals surface area contributed by atoms with E-state index in [1.165, 1.54) is 7.11 Å². The number of unbranched alkanes of at least 4 members (excludes halogenated alkanes) is 2. The Morgan fingerprint density at radius 1 is 1.33 bits per heavy atom. The first-order valence-corrected chi connectivity index (χ1v) is 8.03. The van der Waals surface area contributed by atoms with Crippen molar-refractivity contribution in [1.82, 2.24) is 15.8 Å². The van der Waals surface area contributed by atoms with Gasteiger partial charge in [0, 0.05) is 26.1 Å². The minimum atomic E-state index is -0.150. The van der Waals surface area contributed by atoms with Gasteiger partial charge in [-0.15, -0.1) is 24.0 Å². The van der Waals surface area contributed by atoms with Crippen LogP contribution in [0.5, 0.6) is 0 Å². The average molecular weight is 452 g/mol. The quantitative estimate of drug-likeness (QED) is 0.197. The Labute approximate surface area is 161 Å². The standard InChI is InChI=1S/C16H28N4O3.HI/c1-12(2)14-10-13(23-20-14)11-19-16(17-3)18-9-7-5-6-8-15(21)22-4;/h10,12H,5-9,11H2,1-4H3,(H2,17,18,19);1H. The molecule has 24 heavy (non-hydrogen) atoms. The number of ether oxygens (including phenoxy) is 1. The second-order valence-electron chi connectivity index (χ2n) is 5.61. The Bertz CT molecular complexity index is 503.